The highest BCUT2D eigenvalue weighted by Gasteiger charge is 2.09. The average Bonchev–Trinajstić information content (AvgIpc) is 2.92. The van der Waals surface area contributed by atoms with Gasteiger partial charge >= 0.3 is 5.97 Å². The van der Waals surface area contributed by atoms with E-state index in [1.165, 1.54) is 18.2 Å². The van der Waals surface area contributed by atoms with E-state index in [9.17, 15) is 4.79 Å². The minimum absolute atomic E-state index is 0.250. The van der Waals surface area contributed by atoms with Crippen LogP contribution < -0.4 is 5.32 Å². The Morgan fingerprint density at radius 1 is 1.35 bits per heavy atom. The van der Waals surface area contributed by atoms with Crippen molar-refractivity contribution in [3.63, 3.8) is 0 Å². The molecule has 0 radical (unpaired) electrons. The lowest BCUT2D eigenvalue weighted by Crippen LogP contribution is -2.18. The number of methoxy groups -OCH3 is 1. The van der Waals surface area contributed by atoms with Gasteiger partial charge in [0.2, 0.25) is 0 Å². The molecular weight excluding hydrogens is 252 g/mol. The third kappa shape index (κ3) is 3.48. The molecule has 1 heterocycles. The van der Waals surface area contributed by atoms with E-state index >= 15 is 0 Å². The number of carbonyl (C=O) groups is 1. The van der Waals surface area contributed by atoms with Crippen molar-refractivity contribution < 1.29 is 9.53 Å². The summed E-state index contributed by atoms with van der Waals surface area (Å²) in [6.45, 7) is 4.88. The van der Waals surface area contributed by atoms with Crippen LogP contribution in [0.5, 0.6) is 0 Å². The Hall–Kier alpha value is -2.07. The van der Waals surface area contributed by atoms with E-state index in [1.807, 2.05) is 6.07 Å². The van der Waals surface area contributed by atoms with Crippen LogP contribution in [-0.2, 0) is 11.3 Å². The van der Waals surface area contributed by atoms with Crippen molar-refractivity contribution in [1.82, 2.24) is 10.3 Å². The summed E-state index contributed by atoms with van der Waals surface area (Å²) in [6.07, 6.45) is 0. The van der Waals surface area contributed by atoms with Crippen LogP contribution in [0.3, 0.4) is 0 Å². The van der Waals surface area contributed by atoms with Gasteiger partial charge < -0.3 is 15.0 Å². The smallest absolute Gasteiger partial charge is 0.354 e. The molecule has 0 unspecified atom stereocenters. The van der Waals surface area contributed by atoms with Crippen LogP contribution in [0.15, 0.2) is 36.4 Å². The molecule has 4 heteroatoms. The van der Waals surface area contributed by atoms with Gasteiger partial charge in [0, 0.05) is 18.3 Å². The summed E-state index contributed by atoms with van der Waals surface area (Å²) in [5, 5.41) is 3.43. The standard InChI is InChI=1S/C16H20N2O2/c1-11-5-4-6-13(9-11)12(2)17-10-14-7-8-15(18-14)16(19)20-3/h4-9,12,17-18H,10H2,1-3H3/t12-/m0/s1. The Kier molecular flexibility index (Phi) is 4.58. The second kappa shape index (κ2) is 6.39. The Morgan fingerprint density at radius 3 is 2.85 bits per heavy atom. The molecule has 0 aliphatic carbocycles. The second-order valence-electron chi connectivity index (χ2n) is 4.91. The predicted molar refractivity (Wildman–Crippen MR) is 78.6 cm³/mol. The van der Waals surface area contributed by atoms with Crippen molar-refractivity contribution >= 4 is 5.97 Å². The molecule has 0 aliphatic rings. The Bertz CT molecular complexity index is 590. The van der Waals surface area contributed by atoms with Crippen LogP contribution in [0.4, 0.5) is 0 Å². The lowest BCUT2D eigenvalue weighted by Gasteiger charge is -2.14. The van der Waals surface area contributed by atoms with Gasteiger partial charge in [0.25, 0.3) is 0 Å². The van der Waals surface area contributed by atoms with Gasteiger partial charge in [-0.1, -0.05) is 29.8 Å². The molecule has 0 saturated carbocycles. The topological polar surface area (TPSA) is 54.1 Å². The molecule has 20 heavy (non-hydrogen) atoms. The molecule has 1 atom stereocenters. The monoisotopic (exact) mass is 272 g/mol. The van der Waals surface area contributed by atoms with Crippen LogP contribution in [0.25, 0.3) is 0 Å². The molecule has 1 aromatic carbocycles. The number of carbonyl (C=O) groups excluding carboxylic acids is 1. The quantitative estimate of drug-likeness (QED) is 0.823. The lowest BCUT2D eigenvalue weighted by molar-refractivity contribution is 0.0594. The molecule has 2 aromatic rings. The fourth-order valence-corrected chi connectivity index (χ4v) is 2.09. The zero-order valence-corrected chi connectivity index (χ0v) is 12.1. The number of rotatable bonds is 5. The Labute approximate surface area is 119 Å². The molecular formula is C16H20N2O2. The van der Waals surface area contributed by atoms with E-state index in [-0.39, 0.29) is 12.0 Å². The molecule has 0 amide bonds. The molecule has 0 fully saturated rings. The molecule has 4 nitrogen and oxygen atoms in total. The van der Waals surface area contributed by atoms with Crippen LogP contribution in [-0.4, -0.2) is 18.1 Å². The number of aryl methyl sites for hydroxylation is 1. The predicted octanol–water partition coefficient (Wildman–Crippen LogP) is 2.96. The fourth-order valence-electron chi connectivity index (χ4n) is 2.09. The zero-order valence-electron chi connectivity index (χ0n) is 12.1. The van der Waals surface area contributed by atoms with E-state index < -0.39 is 0 Å². The number of aromatic amines is 1. The first-order valence-corrected chi connectivity index (χ1v) is 6.66. The highest BCUT2D eigenvalue weighted by atomic mass is 16.5. The summed E-state index contributed by atoms with van der Waals surface area (Å²) < 4.78 is 4.67. The van der Waals surface area contributed by atoms with Gasteiger partial charge in [-0.25, -0.2) is 4.79 Å². The lowest BCUT2D eigenvalue weighted by atomic mass is 10.1. The third-order valence-electron chi connectivity index (χ3n) is 3.29. The van der Waals surface area contributed by atoms with Gasteiger partial charge in [-0.2, -0.15) is 0 Å². The molecule has 2 N–H and O–H groups in total. The van der Waals surface area contributed by atoms with Gasteiger partial charge in [-0.05, 0) is 31.5 Å². The summed E-state index contributed by atoms with van der Waals surface area (Å²) in [5.41, 5.74) is 3.95. The maximum Gasteiger partial charge on any atom is 0.354 e. The molecule has 1 aromatic heterocycles. The van der Waals surface area contributed by atoms with Crippen LogP contribution >= 0.6 is 0 Å². The van der Waals surface area contributed by atoms with Crippen molar-refractivity contribution in [2.75, 3.05) is 7.11 Å². The van der Waals surface area contributed by atoms with Crippen molar-refractivity contribution in [3.05, 3.63) is 58.9 Å². The van der Waals surface area contributed by atoms with Crippen LogP contribution in [0.1, 0.15) is 40.3 Å². The Balaban J connectivity index is 1.95. The van der Waals surface area contributed by atoms with Crippen LogP contribution in [0, 0.1) is 6.92 Å². The first-order valence-electron chi connectivity index (χ1n) is 6.66. The molecule has 0 spiro atoms. The van der Waals surface area contributed by atoms with Crippen molar-refractivity contribution in [1.29, 1.82) is 0 Å². The van der Waals surface area contributed by atoms with E-state index in [0.717, 1.165) is 5.69 Å². The molecule has 2 rings (SSSR count). The summed E-state index contributed by atoms with van der Waals surface area (Å²) in [6, 6.07) is 12.3. The number of hydrogen-bond acceptors (Lipinski definition) is 3. The first kappa shape index (κ1) is 14.3. The van der Waals surface area contributed by atoms with Gasteiger partial charge in [0.05, 0.1) is 7.11 Å². The molecule has 106 valence electrons. The van der Waals surface area contributed by atoms with Crippen molar-refractivity contribution in [2.45, 2.75) is 26.4 Å². The fraction of sp³-hybridized carbons (Fsp3) is 0.312. The van der Waals surface area contributed by atoms with Gasteiger partial charge in [0.15, 0.2) is 0 Å². The minimum atomic E-state index is -0.344. The maximum absolute atomic E-state index is 11.3. The van der Waals surface area contributed by atoms with Crippen LogP contribution in [0.2, 0.25) is 0 Å². The number of H-pyrrole nitrogens is 1. The SMILES string of the molecule is COC(=O)c1ccc(CN[C@@H](C)c2cccc(C)c2)[nH]1. The number of hydrogen-bond donors (Lipinski definition) is 2. The highest BCUT2D eigenvalue weighted by molar-refractivity contribution is 5.87. The summed E-state index contributed by atoms with van der Waals surface area (Å²) in [7, 11) is 1.38. The van der Waals surface area contributed by atoms with E-state index in [2.05, 4.69) is 53.2 Å². The minimum Gasteiger partial charge on any atom is -0.464 e. The highest BCUT2D eigenvalue weighted by Crippen LogP contribution is 2.14. The number of esters is 1. The van der Waals surface area contributed by atoms with Gasteiger partial charge in [-0.15, -0.1) is 0 Å². The molecule has 0 bridgehead atoms. The number of benzene rings is 1. The van der Waals surface area contributed by atoms with Gasteiger partial charge in [-0.3, -0.25) is 0 Å². The molecule has 0 saturated heterocycles. The van der Waals surface area contributed by atoms with E-state index in [4.69, 9.17) is 0 Å². The second-order valence-corrected chi connectivity index (χ2v) is 4.91. The zero-order chi connectivity index (χ0) is 14.5. The summed E-state index contributed by atoms with van der Waals surface area (Å²) >= 11 is 0. The van der Waals surface area contributed by atoms with Gasteiger partial charge in [0.1, 0.15) is 5.69 Å². The van der Waals surface area contributed by atoms with Crippen molar-refractivity contribution in [3.8, 4) is 0 Å². The maximum atomic E-state index is 11.3. The number of aromatic nitrogens is 1. The number of nitrogens with one attached hydrogen (secondary N) is 2. The largest absolute Gasteiger partial charge is 0.464 e. The van der Waals surface area contributed by atoms with Crippen molar-refractivity contribution in [2.24, 2.45) is 0 Å². The summed E-state index contributed by atoms with van der Waals surface area (Å²) in [4.78, 5) is 14.4. The Morgan fingerprint density at radius 2 is 2.15 bits per heavy atom. The molecule has 0 aliphatic heterocycles. The average molecular weight is 272 g/mol. The number of ether oxygens (including phenoxy) is 1. The third-order valence-corrected chi connectivity index (χ3v) is 3.29. The normalized spacial score (nSPS) is 12.2. The van der Waals surface area contributed by atoms with E-state index in [0.29, 0.717) is 12.2 Å². The first-order chi connectivity index (χ1) is 9.60. The summed E-state index contributed by atoms with van der Waals surface area (Å²) in [5.74, 6) is -0.344. The van der Waals surface area contributed by atoms with E-state index in [1.54, 1.807) is 6.07 Å².